The zero-order valence-corrected chi connectivity index (χ0v) is 69.5. The van der Waals surface area contributed by atoms with Crippen LogP contribution in [0.1, 0.15) is 118 Å². The van der Waals surface area contributed by atoms with Crippen molar-refractivity contribution < 1.29 is 36.9 Å². The van der Waals surface area contributed by atoms with Gasteiger partial charge in [0.15, 0.2) is 35.9 Å². The molecule has 0 radical (unpaired) electrons. The fraction of sp³-hybridized carbons (Fsp3) is 0.267. The second-order valence-corrected chi connectivity index (χ2v) is 29.0. The third-order valence-corrected chi connectivity index (χ3v) is 20.2. The van der Waals surface area contributed by atoms with Crippen molar-refractivity contribution in [2.45, 2.75) is 126 Å². The molecule has 12 heterocycles. The smallest absolute Gasteiger partial charge is 0.222 e. The number of anilines is 3. The van der Waals surface area contributed by atoms with Gasteiger partial charge >= 0.3 is 0 Å². The van der Waals surface area contributed by atoms with Gasteiger partial charge in [-0.15, -0.1) is 0 Å². The SMILES string of the molecule is BrCc1cccc2ncoc12.CCOc1ncccc1-c1cc(NCc2ccc(OC)cc2)c2c(n1)c(C)nn2C(C)C.CCOc1ncccc1-c1cc(NCc2cccc3ncoc23)c2c(n1)c(C)nn2C(C)C.COc1ccc(CN(Cc2cccc3ncoc23)c2cc(-c3cccnc3OC)nc3c(C)nn(C(C)C)c23)cc1. The van der Waals surface area contributed by atoms with Crippen LogP contribution in [0.25, 0.3) is 100 Å². The molecule has 0 bridgehead atoms. The molecule has 2 N–H and O–H groups in total. The summed E-state index contributed by atoms with van der Waals surface area (Å²) in [6.45, 7) is 26.2. The molecule has 598 valence electrons. The van der Waals surface area contributed by atoms with E-state index in [1.807, 2.05) is 159 Å². The van der Waals surface area contributed by atoms with Gasteiger partial charge in [0.1, 0.15) is 61.1 Å². The van der Waals surface area contributed by atoms with Crippen molar-refractivity contribution in [3.63, 3.8) is 0 Å². The monoisotopic (exact) mass is 1630 g/mol. The number of hydrogen-bond acceptors (Lipinski definition) is 23. The van der Waals surface area contributed by atoms with Gasteiger partial charge in [-0.05, 0) is 184 Å². The number of benzene rings is 5. The lowest BCUT2D eigenvalue weighted by Crippen LogP contribution is -2.23. The molecule has 0 amide bonds. The molecule has 17 rings (SSSR count). The molecule has 0 atom stereocenters. The summed E-state index contributed by atoms with van der Waals surface area (Å²) in [6, 6.07) is 52.6. The minimum atomic E-state index is 0.131. The van der Waals surface area contributed by atoms with Gasteiger partial charge in [-0.2, -0.15) is 15.3 Å². The molecule has 5 aromatic carbocycles. The van der Waals surface area contributed by atoms with Crippen LogP contribution in [0.5, 0.6) is 29.1 Å². The summed E-state index contributed by atoms with van der Waals surface area (Å²) in [5, 5.41) is 22.5. The zero-order chi connectivity index (χ0) is 81.8. The average molecular weight is 1630 g/mol. The van der Waals surface area contributed by atoms with Gasteiger partial charge in [-0.3, -0.25) is 14.0 Å². The molecule has 12 aromatic heterocycles. The highest BCUT2D eigenvalue weighted by molar-refractivity contribution is 9.08. The summed E-state index contributed by atoms with van der Waals surface area (Å²) in [5.41, 5.74) is 26.5. The summed E-state index contributed by atoms with van der Waals surface area (Å²) in [7, 11) is 4.98. The Morgan fingerprint density at radius 2 is 0.821 bits per heavy atom. The number of alkyl halides is 1. The molecule has 0 spiro atoms. The van der Waals surface area contributed by atoms with Crippen molar-refractivity contribution >= 4 is 99.4 Å². The van der Waals surface area contributed by atoms with E-state index in [0.717, 1.165) is 179 Å². The van der Waals surface area contributed by atoms with Gasteiger partial charge in [-0.25, -0.2) is 44.9 Å². The van der Waals surface area contributed by atoms with Crippen LogP contribution in [0, 0.1) is 20.8 Å². The number of rotatable bonds is 25. The maximum absolute atomic E-state index is 5.83. The second kappa shape index (κ2) is 36.5. The third-order valence-electron chi connectivity index (χ3n) is 19.6. The maximum Gasteiger partial charge on any atom is 0.222 e. The first-order valence-electron chi connectivity index (χ1n) is 38.8. The Hall–Kier alpha value is -13.3. The number of nitrogens with one attached hydrogen (secondary N) is 2. The number of fused-ring (bicyclic) bond motifs is 6. The summed E-state index contributed by atoms with van der Waals surface area (Å²) in [5.74, 6) is 3.33. The minimum Gasteiger partial charge on any atom is -0.497 e. The van der Waals surface area contributed by atoms with E-state index in [2.05, 4.69) is 150 Å². The van der Waals surface area contributed by atoms with E-state index in [1.54, 1.807) is 39.9 Å². The minimum absolute atomic E-state index is 0.131. The molecule has 0 unspecified atom stereocenters. The highest BCUT2D eigenvalue weighted by Gasteiger charge is 2.27. The van der Waals surface area contributed by atoms with E-state index >= 15 is 0 Å². The van der Waals surface area contributed by atoms with Crippen LogP contribution in [0.4, 0.5) is 17.1 Å². The molecule has 17 aromatic rings. The summed E-state index contributed by atoms with van der Waals surface area (Å²) < 4.78 is 50.6. The summed E-state index contributed by atoms with van der Waals surface area (Å²) in [4.78, 5) is 43.3. The van der Waals surface area contributed by atoms with Gasteiger partial charge in [0.05, 0.1) is 102 Å². The first-order valence-corrected chi connectivity index (χ1v) is 39.9. The number of ether oxygens (including phenoxy) is 5. The molecule has 0 saturated heterocycles. The molecule has 27 heteroatoms. The van der Waals surface area contributed by atoms with E-state index in [4.69, 9.17) is 67.2 Å². The Morgan fingerprint density at radius 3 is 1.27 bits per heavy atom. The third kappa shape index (κ3) is 17.5. The normalized spacial score (nSPS) is 11.3. The van der Waals surface area contributed by atoms with E-state index in [0.29, 0.717) is 57.0 Å². The molecular formula is C90H93BrN18O8. The van der Waals surface area contributed by atoms with Crippen molar-refractivity contribution in [3.05, 3.63) is 240 Å². The quantitative estimate of drug-likeness (QED) is 0.0503. The van der Waals surface area contributed by atoms with E-state index in [-0.39, 0.29) is 18.1 Å². The number of aryl methyl sites for hydroxylation is 3. The van der Waals surface area contributed by atoms with Crippen molar-refractivity contribution in [2.75, 3.05) is 50.1 Å². The molecule has 0 fully saturated rings. The fourth-order valence-electron chi connectivity index (χ4n) is 14.0. The number of nitrogens with zero attached hydrogens (tertiary/aromatic N) is 16. The van der Waals surface area contributed by atoms with Crippen molar-refractivity contribution in [3.8, 4) is 62.9 Å². The molecule has 0 aliphatic carbocycles. The second-order valence-electron chi connectivity index (χ2n) is 28.5. The van der Waals surface area contributed by atoms with Crippen molar-refractivity contribution in [1.29, 1.82) is 0 Å². The van der Waals surface area contributed by atoms with E-state index in [1.165, 1.54) is 19.2 Å². The Kier molecular flexibility index (Phi) is 25.0. The number of methoxy groups -OCH3 is 3. The molecular weight excluding hydrogens is 1540 g/mol. The number of hydrogen-bond donors (Lipinski definition) is 2. The average Bonchev–Trinajstić information content (AvgIpc) is 1.64. The lowest BCUT2D eigenvalue weighted by atomic mass is 10.1. The van der Waals surface area contributed by atoms with Crippen molar-refractivity contribution in [1.82, 2.24) is 74.2 Å². The number of halogens is 1. The van der Waals surface area contributed by atoms with E-state index < -0.39 is 0 Å². The Balaban J connectivity index is 0.000000136. The lowest BCUT2D eigenvalue weighted by Gasteiger charge is -2.27. The first-order chi connectivity index (χ1) is 57.0. The fourth-order valence-corrected chi connectivity index (χ4v) is 14.5. The Bertz CT molecular complexity index is 6270. The predicted molar refractivity (Wildman–Crippen MR) is 462 cm³/mol. The van der Waals surface area contributed by atoms with Gasteiger partial charge in [0.25, 0.3) is 0 Å². The van der Waals surface area contributed by atoms with Gasteiger partial charge < -0.3 is 52.5 Å². The maximum atomic E-state index is 5.83. The largest absolute Gasteiger partial charge is 0.497 e. The van der Waals surface area contributed by atoms with Crippen LogP contribution in [-0.2, 0) is 31.5 Å². The van der Waals surface area contributed by atoms with Crippen LogP contribution in [0.3, 0.4) is 0 Å². The van der Waals surface area contributed by atoms with Crippen LogP contribution >= 0.6 is 15.9 Å². The lowest BCUT2D eigenvalue weighted by molar-refractivity contribution is 0.328. The van der Waals surface area contributed by atoms with E-state index in [9.17, 15) is 0 Å². The standard InChI is InChI=1S/C32H32N6O3.C25H26N6O2.C25H29N5O2.C8H6BrNO/c1-20(2)38-30-28(16-27(35-29(30)21(3)36-38)25-9-7-15-33-32(25)40-5)37(17-22-11-13-24(39-4)14-12-22)18-23-8-6-10-26-31(23)41-19-34-26;1-5-32-25-18(9-7-11-26-25)20-12-21(23-22(29-20)16(4)30-31(23)15(2)3)27-13-17-8-6-10-19-24(17)33-14-28-19;1-6-32-25-20(8-7-13-26-25)21-14-22(27-15-18-9-11-19(31-5)12-10-18)24-23(28-21)17(4)29-30(24)16(2)3;9-4-6-2-1-3-7-8(6)11-5-10-7/h6-16,19-20H,17-18H2,1-5H3;6-12,14-15H,5,13H2,1-4H3,(H,27,29);7-14,16H,6,15H2,1-5H3,(H,27,28);1-3,5H,4H2. The van der Waals surface area contributed by atoms with Gasteiger partial charge in [0, 0.05) is 84.9 Å². The first kappa shape index (κ1) is 80.3. The zero-order valence-electron chi connectivity index (χ0n) is 68.0. The van der Waals surface area contributed by atoms with Crippen LogP contribution in [0.2, 0.25) is 0 Å². The number of para-hydroxylation sites is 3. The molecule has 26 nitrogen and oxygen atoms in total. The highest BCUT2D eigenvalue weighted by Crippen LogP contribution is 2.41. The van der Waals surface area contributed by atoms with Gasteiger partial charge in [-0.1, -0.05) is 76.6 Å². The Morgan fingerprint density at radius 1 is 0.419 bits per heavy atom. The van der Waals surface area contributed by atoms with Crippen molar-refractivity contribution in [2.24, 2.45) is 0 Å². The molecule has 0 saturated carbocycles. The predicted octanol–water partition coefficient (Wildman–Crippen LogP) is 20.4. The summed E-state index contributed by atoms with van der Waals surface area (Å²) in [6.07, 6.45) is 9.63. The van der Waals surface area contributed by atoms with Crippen LogP contribution in [0.15, 0.2) is 209 Å². The van der Waals surface area contributed by atoms with Crippen LogP contribution < -0.4 is 39.2 Å². The topological polar surface area (TPSA) is 282 Å². The number of oxazole rings is 3. The van der Waals surface area contributed by atoms with Crippen LogP contribution in [-0.4, -0.2) is 109 Å². The Labute approximate surface area is 685 Å². The number of aromatic nitrogens is 15. The molecule has 117 heavy (non-hydrogen) atoms. The molecule has 0 aliphatic rings. The summed E-state index contributed by atoms with van der Waals surface area (Å²) >= 11 is 3.38. The van der Waals surface area contributed by atoms with Gasteiger partial charge in [0.2, 0.25) is 17.6 Å². The number of pyridine rings is 6. The highest BCUT2D eigenvalue weighted by atomic mass is 79.9. The molecule has 0 aliphatic heterocycles.